The molecule has 0 aromatic heterocycles. The average Bonchev–Trinajstić information content (AvgIpc) is 2.46. The van der Waals surface area contributed by atoms with Crippen molar-refractivity contribution in [1.29, 1.82) is 5.26 Å². The SMILES string of the molecule is CCCCCCCC=CC(=O)N1CCC(C#N)CC1. The Hall–Kier alpha value is -1.30. The molecule has 1 aliphatic heterocycles. The summed E-state index contributed by atoms with van der Waals surface area (Å²) >= 11 is 0. The lowest BCUT2D eigenvalue weighted by atomic mass is 9.98. The van der Waals surface area contributed by atoms with E-state index in [1.807, 2.05) is 11.0 Å². The van der Waals surface area contributed by atoms with Gasteiger partial charge in [0.05, 0.1) is 6.07 Å². The molecule has 106 valence electrons. The van der Waals surface area contributed by atoms with Crippen molar-refractivity contribution in [2.45, 2.75) is 58.3 Å². The van der Waals surface area contributed by atoms with Crippen LogP contribution in [0.1, 0.15) is 58.3 Å². The summed E-state index contributed by atoms with van der Waals surface area (Å²) in [5, 5.41) is 8.81. The standard InChI is InChI=1S/C16H26N2O/c1-2-3-4-5-6-7-8-9-16(19)18-12-10-15(14-17)11-13-18/h8-9,15H,2-7,10-13H2,1H3. The molecule has 0 aromatic carbocycles. The summed E-state index contributed by atoms with van der Waals surface area (Å²) in [6.45, 7) is 3.68. The number of amides is 1. The summed E-state index contributed by atoms with van der Waals surface area (Å²) in [5.41, 5.74) is 0. The Balaban J connectivity index is 2.12. The molecular weight excluding hydrogens is 236 g/mol. The van der Waals surface area contributed by atoms with Crippen LogP contribution in [0.4, 0.5) is 0 Å². The molecule has 19 heavy (non-hydrogen) atoms. The van der Waals surface area contributed by atoms with Gasteiger partial charge in [-0.1, -0.05) is 38.7 Å². The Morgan fingerprint density at radius 1 is 1.26 bits per heavy atom. The zero-order valence-corrected chi connectivity index (χ0v) is 12.1. The van der Waals surface area contributed by atoms with Gasteiger partial charge >= 0.3 is 0 Å². The first-order valence-electron chi connectivity index (χ1n) is 7.63. The van der Waals surface area contributed by atoms with Crippen molar-refractivity contribution >= 4 is 5.91 Å². The Bertz CT molecular complexity index is 322. The highest BCUT2D eigenvalue weighted by Crippen LogP contribution is 2.16. The van der Waals surface area contributed by atoms with E-state index in [1.165, 1.54) is 32.1 Å². The van der Waals surface area contributed by atoms with Crippen LogP contribution >= 0.6 is 0 Å². The Kier molecular flexibility index (Phi) is 7.97. The predicted octanol–water partition coefficient (Wildman–Crippen LogP) is 3.67. The molecule has 0 N–H and O–H groups in total. The summed E-state index contributed by atoms with van der Waals surface area (Å²) in [6, 6.07) is 2.28. The molecule has 1 fully saturated rings. The first-order chi connectivity index (χ1) is 9.27. The number of hydrogen-bond acceptors (Lipinski definition) is 2. The van der Waals surface area contributed by atoms with Gasteiger partial charge in [-0.25, -0.2) is 0 Å². The molecule has 0 spiro atoms. The Morgan fingerprint density at radius 2 is 1.95 bits per heavy atom. The van der Waals surface area contributed by atoms with Crippen LogP contribution in [-0.2, 0) is 4.79 Å². The summed E-state index contributed by atoms with van der Waals surface area (Å²) in [5.74, 6) is 0.261. The van der Waals surface area contributed by atoms with Gasteiger partial charge in [-0.2, -0.15) is 5.26 Å². The molecule has 1 amide bonds. The quantitative estimate of drug-likeness (QED) is 0.519. The normalized spacial score (nSPS) is 16.7. The minimum atomic E-state index is 0.116. The van der Waals surface area contributed by atoms with Gasteiger partial charge in [0.2, 0.25) is 5.91 Å². The van der Waals surface area contributed by atoms with Crippen LogP contribution in [0, 0.1) is 17.2 Å². The highest BCUT2D eigenvalue weighted by Gasteiger charge is 2.20. The molecule has 0 atom stereocenters. The first-order valence-corrected chi connectivity index (χ1v) is 7.63. The third-order valence-electron chi connectivity index (χ3n) is 3.72. The number of rotatable bonds is 7. The number of allylic oxidation sites excluding steroid dienone is 1. The van der Waals surface area contributed by atoms with Crippen LogP contribution in [0.3, 0.4) is 0 Å². The van der Waals surface area contributed by atoms with Crippen LogP contribution in [0.2, 0.25) is 0 Å². The molecule has 0 aromatic rings. The molecule has 0 unspecified atom stereocenters. The first kappa shape index (κ1) is 15.8. The van der Waals surface area contributed by atoms with Crippen molar-refractivity contribution in [3.63, 3.8) is 0 Å². The van der Waals surface area contributed by atoms with Gasteiger partial charge in [-0.05, 0) is 31.8 Å². The Morgan fingerprint density at radius 3 is 2.58 bits per heavy atom. The van der Waals surface area contributed by atoms with E-state index in [0.717, 1.165) is 32.4 Å². The zero-order valence-electron chi connectivity index (χ0n) is 12.1. The maximum absolute atomic E-state index is 11.9. The molecule has 0 bridgehead atoms. The number of carbonyl (C=O) groups is 1. The van der Waals surface area contributed by atoms with Gasteiger partial charge in [0.1, 0.15) is 0 Å². The van der Waals surface area contributed by atoms with Crippen molar-refractivity contribution in [1.82, 2.24) is 4.90 Å². The molecule has 0 radical (unpaired) electrons. The van der Waals surface area contributed by atoms with Crippen molar-refractivity contribution in [2.24, 2.45) is 5.92 Å². The number of nitrogens with zero attached hydrogens (tertiary/aromatic N) is 2. The lowest BCUT2D eigenvalue weighted by Gasteiger charge is -2.28. The molecule has 3 heteroatoms. The summed E-state index contributed by atoms with van der Waals surface area (Å²) in [4.78, 5) is 13.7. The van der Waals surface area contributed by atoms with Crippen LogP contribution < -0.4 is 0 Å². The van der Waals surface area contributed by atoms with Crippen molar-refractivity contribution in [2.75, 3.05) is 13.1 Å². The van der Waals surface area contributed by atoms with Crippen LogP contribution in [0.15, 0.2) is 12.2 Å². The highest BCUT2D eigenvalue weighted by molar-refractivity contribution is 5.87. The summed E-state index contributed by atoms with van der Waals surface area (Å²) in [7, 11) is 0. The second-order valence-electron chi connectivity index (χ2n) is 5.33. The fraction of sp³-hybridized carbons (Fsp3) is 0.750. The van der Waals surface area contributed by atoms with Crippen molar-refractivity contribution in [3.05, 3.63) is 12.2 Å². The third-order valence-corrected chi connectivity index (χ3v) is 3.72. The number of unbranched alkanes of at least 4 members (excludes halogenated alkanes) is 5. The van der Waals surface area contributed by atoms with E-state index in [0.29, 0.717) is 0 Å². The van der Waals surface area contributed by atoms with Gasteiger partial charge in [0.25, 0.3) is 0 Å². The molecule has 1 heterocycles. The monoisotopic (exact) mass is 262 g/mol. The van der Waals surface area contributed by atoms with E-state index in [4.69, 9.17) is 5.26 Å². The van der Waals surface area contributed by atoms with E-state index in [-0.39, 0.29) is 11.8 Å². The van der Waals surface area contributed by atoms with Crippen LogP contribution in [0.5, 0.6) is 0 Å². The lowest BCUT2D eigenvalue weighted by molar-refractivity contribution is -0.127. The predicted molar refractivity (Wildman–Crippen MR) is 77.4 cm³/mol. The number of hydrogen-bond donors (Lipinski definition) is 0. The van der Waals surface area contributed by atoms with E-state index >= 15 is 0 Å². The van der Waals surface area contributed by atoms with Gasteiger partial charge in [0.15, 0.2) is 0 Å². The average molecular weight is 262 g/mol. The van der Waals surface area contributed by atoms with Crippen molar-refractivity contribution < 1.29 is 4.79 Å². The van der Waals surface area contributed by atoms with E-state index < -0.39 is 0 Å². The number of nitriles is 1. The topological polar surface area (TPSA) is 44.1 Å². The molecule has 0 saturated carbocycles. The summed E-state index contributed by atoms with van der Waals surface area (Å²) in [6.07, 6.45) is 12.7. The van der Waals surface area contributed by atoms with Gasteiger partial charge in [-0.15, -0.1) is 0 Å². The molecular formula is C16H26N2O. The smallest absolute Gasteiger partial charge is 0.246 e. The maximum Gasteiger partial charge on any atom is 0.246 e. The van der Waals surface area contributed by atoms with Gasteiger partial charge in [-0.3, -0.25) is 4.79 Å². The Labute approximate surface area is 117 Å². The fourth-order valence-corrected chi connectivity index (χ4v) is 2.38. The van der Waals surface area contributed by atoms with Crippen LogP contribution in [-0.4, -0.2) is 23.9 Å². The van der Waals surface area contributed by atoms with E-state index in [2.05, 4.69) is 13.0 Å². The van der Waals surface area contributed by atoms with Gasteiger partial charge < -0.3 is 4.90 Å². The molecule has 1 saturated heterocycles. The summed E-state index contributed by atoms with van der Waals surface area (Å²) < 4.78 is 0. The third kappa shape index (κ3) is 6.42. The molecule has 1 rings (SSSR count). The second kappa shape index (κ2) is 9.61. The minimum absolute atomic E-state index is 0.116. The van der Waals surface area contributed by atoms with Gasteiger partial charge in [0, 0.05) is 19.0 Å². The second-order valence-corrected chi connectivity index (χ2v) is 5.33. The molecule has 1 aliphatic rings. The fourth-order valence-electron chi connectivity index (χ4n) is 2.38. The van der Waals surface area contributed by atoms with Crippen LogP contribution in [0.25, 0.3) is 0 Å². The highest BCUT2D eigenvalue weighted by atomic mass is 16.2. The van der Waals surface area contributed by atoms with E-state index in [9.17, 15) is 4.79 Å². The number of likely N-dealkylation sites (tertiary alicyclic amines) is 1. The van der Waals surface area contributed by atoms with E-state index in [1.54, 1.807) is 6.08 Å². The number of piperidine rings is 1. The minimum Gasteiger partial charge on any atom is -0.339 e. The molecule has 0 aliphatic carbocycles. The molecule has 3 nitrogen and oxygen atoms in total. The zero-order chi connectivity index (χ0) is 13.9. The maximum atomic E-state index is 11.9. The largest absolute Gasteiger partial charge is 0.339 e. The van der Waals surface area contributed by atoms with Crippen molar-refractivity contribution in [3.8, 4) is 6.07 Å². The lowest BCUT2D eigenvalue weighted by Crippen LogP contribution is -2.37. The number of carbonyl (C=O) groups excluding carboxylic acids is 1.